The molecule has 0 radical (unpaired) electrons. The molecule has 2 atom stereocenters. The minimum Gasteiger partial charge on any atom is -0.366 e. The molecule has 0 saturated heterocycles. The van der Waals surface area contributed by atoms with Gasteiger partial charge in [-0.25, -0.2) is 22.0 Å². The van der Waals surface area contributed by atoms with Gasteiger partial charge in [-0.15, -0.1) is 6.58 Å². The highest BCUT2D eigenvalue weighted by molar-refractivity contribution is 5.94. The number of carbonyl (C=O) groups excluding carboxylic acids is 2. The highest BCUT2D eigenvalue weighted by atomic mass is 19.3. The Balaban J connectivity index is 1.75. The van der Waals surface area contributed by atoms with Crippen LogP contribution in [0.15, 0.2) is 67.4 Å². The Hall–Kier alpha value is -4.87. The predicted octanol–water partition coefficient (Wildman–Crippen LogP) is 6.88. The zero-order chi connectivity index (χ0) is 32.8. The van der Waals surface area contributed by atoms with Crippen LogP contribution in [0.1, 0.15) is 76.7 Å². The summed E-state index contributed by atoms with van der Waals surface area (Å²) in [5.41, 5.74) is 6.49. The number of amides is 2. The number of hydrogen-bond acceptors (Lipinski definition) is 4. The van der Waals surface area contributed by atoms with Crippen molar-refractivity contribution in [3.63, 3.8) is 0 Å². The number of nitrogens with two attached hydrogens (primary N) is 1. The first-order chi connectivity index (χ1) is 21.4. The van der Waals surface area contributed by atoms with Crippen LogP contribution in [0, 0.1) is 24.4 Å². The summed E-state index contributed by atoms with van der Waals surface area (Å²) in [6.07, 6.45) is 1.09. The van der Waals surface area contributed by atoms with Crippen molar-refractivity contribution in [3.05, 3.63) is 119 Å². The molecule has 2 aromatic carbocycles. The molecule has 4 aromatic rings. The highest BCUT2D eigenvalue weighted by Gasteiger charge is 2.28. The lowest BCUT2D eigenvalue weighted by atomic mass is 9.91. The van der Waals surface area contributed by atoms with E-state index in [0.717, 1.165) is 18.2 Å². The van der Waals surface area contributed by atoms with E-state index in [9.17, 15) is 31.5 Å². The van der Waals surface area contributed by atoms with E-state index in [2.05, 4.69) is 22.0 Å². The fourth-order valence-corrected chi connectivity index (χ4v) is 5.47. The van der Waals surface area contributed by atoms with Gasteiger partial charge in [-0.2, -0.15) is 5.10 Å². The van der Waals surface area contributed by atoms with Gasteiger partial charge < -0.3 is 11.1 Å². The summed E-state index contributed by atoms with van der Waals surface area (Å²) < 4.78 is 71.8. The fourth-order valence-electron chi connectivity index (χ4n) is 5.47. The van der Waals surface area contributed by atoms with Crippen LogP contribution in [0.4, 0.5) is 22.0 Å². The summed E-state index contributed by atoms with van der Waals surface area (Å²) in [6.45, 7) is 6.76. The van der Waals surface area contributed by atoms with Gasteiger partial charge in [0.25, 0.3) is 12.3 Å². The van der Waals surface area contributed by atoms with Crippen molar-refractivity contribution in [1.82, 2.24) is 20.1 Å². The van der Waals surface area contributed by atoms with E-state index in [4.69, 9.17) is 5.73 Å². The number of primary amides is 1. The van der Waals surface area contributed by atoms with Crippen molar-refractivity contribution < 1.29 is 31.5 Å². The summed E-state index contributed by atoms with van der Waals surface area (Å²) in [5.74, 6) is -4.38. The second-order valence-corrected chi connectivity index (χ2v) is 10.6. The van der Waals surface area contributed by atoms with Gasteiger partial charge in [0.15, 0.2) is 0 Å². The molecule has 45 heavy (non-hydrogen) atoms. The molecule has 0 aliphatic heterocycles. The molecule has 12 heteroatoms. The van der Waals surface area contributed by atoms with Gasteiger partial charge in [-0.1, -0.05) is 25.1 Å². The molecule has 0 fully saturated rings. The normalized spacial score (nSPS) is 12.6. The van der Waals surface area contributed by atoms with E-state index < -0.39 is 54.0 Å². The van der Waals surface area contributed by atoms with Crippen molar-refractivity contribution in [3.8, 4) is 11.1 Å². The van der Waals surface area contributed by atoms with Crippen LogP contribution in [0.2, 0.25) is 0 Å². The number of carbonyl (C=O) groups is 2. The molecule has 0 aliphatic carbocycles. The molecule has 3 N–H and O–H groups in total. The first-order valence-electron chi connectivity index (χ1n) is 14.2. The first-order valence-corrected chi connectivity index (χ1v) is 14.2. The average molecular weight is 626 g/mol. The van der Waals surface area contributed by atoms with Crippen molar-refractivity contribution >= 4 is 11.8 Å². The summed E-state index contributed by atoms with van der Waals surface area (Å²) >= 11 is 0. The van der Waals surface area contributed by atoms with Crippen LogP contribution in [0.3, 0.4) is 0 Å². The summed E-state index contributed by atoms with van der Waals surface area (Å²) in [5, 5.41) is 6.87. The smallest absolute Gasteiger partial charge is 0.282 e. The number of aromatic nitrogens is 3. The molecule has 2 heterocycles. The minimum absolute atomic E-state index is 0.128. The third-order valence-electron chi connectivity index (χ3n) is 7.54. The zero-order valence-electron chi connectivity index (χ0n) is 24.7. The standard InChI is InChI=1S/C33H32F5N5O2/c1-4-7-20(5-2)29-18(3)43(42-31(29)32(37)38)17-28(44)41-27(14-19-12-22(34)16-23(35)13-19)30-24(8-6-11-40-30)21-9-10-26(36)25(15-21)33(39)45/h4,6,8-13,15-16,20,27,32H,1,5,7,14,17H2,2-3H3,(H2,39,45)(H,41,44)/t20-,27?/m0/s1. The lowest BCUT2D eigenvalue weighted by Crippen LogP contribution is -2.34. The Labute approximate surface area is 257 Å². The summed E-state index contributed by atoms with van der Waals surface area (Å²) in [6, 6.07) is 8.83. The van der Waals surface area contributed by atoms with E-state index in [1.807, 2.05) is 6.92 Å². The second kappa shape index (κ2) is 14.3. The first kappa shape index (κ1) is 33.0. The zero-order valence-corrected chi connectivity index (χ0v) is 24.7. The van der Waals surface area contributed by atoms with Crippen LogP contribution >= 0.6 is 0 Å². The average Bonchev–Trinajstić information content (AvgIpc) is 3.30. The maximum absolute atomic E-state index is 14.3. The number of allylic oxidation sites excluding steroid dienone is 1. The molecule has 7 nitrogen and oxygen atoms in total. The van der Waals surface area contributed by atoms with Gasteiger partial charge in [0.05, 0.1) is 17.3 Å². The van der Waals surface area contributed by atoms with Gasteiger partial charge >= 0.3 is 0 Å². The van der Waals surface area contributed by atoms with Gasteiger partial charge in [0.1, 0.15) is 29.7 Å². The van der Waals surface area contributed by atoms with E-state index in [1.165, 1.54) is 23.0 Å². The molecular formula is C33H32F5N5O2. The molecule has 2 amide bonds. The Kier molecular flexibility index (Phi) is 10.5. The molecule has 0 bridgehead atoms. The Bertz CT molecular complexity index is 1700. The van der Waals surface area contributed by atoms with E-state index >= 15 is 0 Å². The molecule has 236 valence electrons. The molecule has 1 unspecified atom stereocenters. The maximum Gasteiger partial charge on any atom is 0.282 e. The van der Waals surface area contributed by atoms with Gasteiger partial charge in [-0.3, -0.25) is 19.3 Å². The molecule has 0 saturated carbocycles. The number of halogens is 5. The predicted molar refractivity (Wildman–Crippen MR) is 159 cm³/mol. The molecule has 0 spiro atoms. The van der Waals surface area contributed by atoms with Gasteiger partial charge in [0.2, 0.25) is 5.91 Å². The van der Waals surface area contributed by atoms with E-state index in [1.54, 1.807) is 25.1 Å². The van der Waals surface area contributed by atoms with Crippen molar-refractivity contribution in [2.24, 2.45) is 5.73 Å². The van der Waals surface area contributed by atoms with E-state index in [0.29, 0.717) is 41.3 Å². The van der Waals surface area contributed by atoms with Crippen molar-refractivity contribution in [2.45, 2.75) is 58.0 Å². The third kappa shape index (κ3) is 7.62. The lowest BCUT2D eigenvalue weighted by molar-refractivity contribution is -0.122. The number of hydrogen-bond donors (Lipinski definition) is 2. The number of nitrogens with one attached hydrogen (secondary N) is 1. The molecule has 0 aliphatic rings. The second-order valence-electron chi connectivity index (χ2n) is 10.6. The Morgan fingerprint density at radius 2 is 1.78 bits per heavy atom. The van der Waals surface area contributed by atoms with E-state index in [-0.39, 0.29) is 29.2 Å². The monoisotopic (exact) mass is 625 g/mol. The van der Waals surface area contributed by atoms with Crippen LogP contribution in [0.25, 0.3) is 11.1 Å². The van der Waals surface area contributed by atoms with Crippen LogP contribution in [0.5, 0.6) is 0 Å². The topological polar surface area (TPSA) is 103 Å². The third-order valence-corrected chi connectivity index (χ3v) is 7.54. The van der Waals surface area contributed by atoms with Crippen molar-refractivity contribution in [2.75, 3.05) is 0 Å². The minimum atomic E-state index is -2.87. The SMILES string of the molecule is C=CC[C@H](CC)c1c(C(F)F)nn(CC(=O)NC(Cc2cc(F)cc(F)c2)c2ncccc2-c2ccc(F)c(C(N)=O)c2)c1C. The summed E-state index contributed by atoms with van der Waals surface area (Å²) in [4.78, 5) is 29.7. The fraction of sp³-hybridized carbons (Fsp3) is 0.273. The van der Waals surface area contributed by atoms with Gasteiger partial charge in [0, 0.05) is 29.1 Å². The number of alkyl halides is 2. The Morgan fingerprint density at radius 1 is 1.07 bits per heavy atom. The number of nitrogens with zero attached hydrogens (tertiary/aromatic N) is 3. The van der Waals surface area contributed by atoms with Gasteiger partial charge in [-0.05, 0) is 73.6 Å². The lowest BCUT2D eigenvalue weighted by Gasteiger charge is -2.22. The molecule has 2 aromatic heterocycles. The Morgan fingerprint density at radius 3 is 2.40 bits per heavy atom. The number of pyridine rings is 1. The highest BCUT2D eigenvalue weighted by Crippen LogP contribution is 2.35. The van der Waals surface area contributed by atoms with Crippen LogP contribution < -0.4 is 11.1 Å². The number of rotatable bonds is 13. The number of benzene rings is 2. The van der Waals surface area contributed by atoms with Crippen LogP contribution in [-0.2, 0) is 17.8 Å². The molecule has 4 rings (SSSR count). The largest absolute Gasteiger partial charge is 0.366 e. The van der Waals surface area contributed by atoms with Crippen LogP contribution in [-0.4, -0.2) is 26.6 Å². The van der Waals surface area contributed by atoms with Crippen molar-refractivity contribution in [1.29, 1.82) is 0 Å². The summed E-state index contributed by atoms with van der Waals surface area (Å²) in [7, 11) is 0. The molecular weight excluding hydrogens is 593 g/mol. The quantitative estimate of drug-likeness (QED) is 0.125. The maximum atomic E-state index is 14.3.